The molecule has 0 radical (unpaired) electrons. The van der Waals surface area contributed by atoms with Crippen molar-refractivity contribution >= 4 is 20.3 Å². The molecule has 0 aliphatic carbocycles. The van der Waals surface area contributed by atoms with Gasteiger partial charge >= 0.3 is 10.3 Å². The maximum absolute atomic E-state index is 12.9. The third-order valence-electron chi connectivity index (χ3n) is 4.37. The number of hydrogen-bond donors (Lipinski definition) is 1. The van der Waals surface area contributed by atoms with Gasteiger partial charge in [-0.1, -0.05) is 0 Å². The lowest BCUT2D eigenvalue weighted by Gasteiger charge is -2.29. The van der Waals surface area contributed by atoms with E-state index in [0.717, 1.165) is 5.56 Å². The Morgan fingerprint density at radius 3 is 2.14 bits per heavy atom. The summed E-state index contributed by atoms with van der Waals surface area (Å²) in [5.74, 6) is 0.682. The molecule has 0 unspecified atom stereocenters. The molecule has 0 saturated heterocycles. The normalized spacial score (nSPS) is 15.0. The summed E-state index contributed by atoms with van der Waals surface area (Å²) in [6.45, 7) is 0.359. The number of nitrogens with zero attached hydrogens (tertiary/aromatic N) is 1. The molecule has 28 heavy (non-hydrogen) atoms. The Morgan fingerprint density at radius 1 is 0.929 bits per heavy atom. The zero-order valence-electron chi connectivity index (χ0n) is 15.3. The molecule has 0 atom stereocenters. The number of ether oxygens (including phenoxy) is 2. The summed E-state index contributed by atoms with van der Waals surface area (Å²) >= 11 is 0. The Balaban J connectivity index is 1.91. The van der Waals surface area contributed by atoms with E-state index in [-0.39, 0.29) is 29.5 Å². The van der Waals surface area contributed by atoms with E-state index >= 15 is 0 Å². The highest BCUT2D eigenvalue weighted by Crippen LogP contribution is 2.35. The van der Waals surface area contributed by atoms with Gasteiger partial charge < -0.3 is 13.7 Å². The number of sulfonamides is 1. The Kier molecular flexibility index (Phi) is 5.53. The molecule has 0 fully saturated rings. The summed E-state index contributed by atoms with van der Waals surface area (Å²) in [7, 11) is -5.05. The average molecular weight is 428 g/mol. The minimum absolute atomic E-state index is 0.0322. The Hall–Kier alpha value is -2.34. The lowest BCUT2D eigenvalue weighted by Crippen LogP contribution is -2.36. The fraction of sp³-hybridized carbons (Fsp3) is 0.294. The van der Waals surface area contributed by atoms with Crippen molar-refractivity contribution in [3.05, 3.63) is 47.5 Å². The van der Waals surface area contributed by atoms with Crippen LogP contribution < -0.4 is 18.8 Å². The van der Waals surface area contributed by atoms with E-state index in [4.69, 9.17) is 18.8 Å². The van der Waals surface area contributed by atoms with E-state index in [1.54, 1.807) is 18.2 Å². The van der Waals surface area contributed by atoms with Crippen LogP contribution in [-0.2, 0) is 33.3 Å². The minimum atomic E-state index is -4.21. The van der Waals surface area contributed by atoms with Crippen LogP contribution in [-0.4, -0.2) is 41.9 Å². The maximum Gasteiger partial charge on any atom is 0.380 e. The SMILES string of the molecule is COc1ccc(S(=O)(=O)N2CCc3cc(OS(N)(=O)=O)c(OC)cc3C2)cc1. The van der Waals surface area contributed by atoms with Crippen molar-refractivity contribution in [2.75, 3.05) is 20.8 Å². The third kappa shape index (κ3) is 4.22. The van der Waals surface area contributed by atoms with Crippen molar-refractivity contribution in [2.24, 2.45) is 5.14 Å². The van der Waals surface area contributed by atoms with Gasteiger partial charge in [-0.3, -0.25) is 0 Å². The van der Waals surface area contributed by atoms with Gasteiger partial charge in [-0.05, 0) is 53.9 Å². The van der Waals surface area contributed by atoms with E-state index in [1.165, 1.54) is 36.7 Å². The Bertz CT molecular complexity index is 1080. The molecule has 2 N–H and O–H groups in total. The smallest absolute Gasteiger partial charge is 0.380 e. The van der Waals surface area contributed by atoms with E-state index in [1.807, 2.05) is 0 Å². The molecular weight excluding hydrogens is 408 g/mol. The van der Waals surface area contributed by atoms with E-state index in [0.29, 0.717) is 17.7 Å². The highest BCUT2D eigenvalue weighted by atomic mass is 32.2. The van der Waals surface area contributed by atoms with Gasteiger partial charge in [0.2, 0.25) is 10.0 Å². The predicted molar refractivity (Wildman–Crippen MR) is 101 cm³/mol. The first-order valence-electron chi connectivity index (χ1n) is 8.20. The van der Waals surface area contributed by atoms with Crippen LogP contribution in [0.5, 0.6) is 17.2 Å². The molecule has 0 aromatic heterocycles. The number of benzene rings is 2. The summed E-state index contributed by atoms with van der Waals surface area (Å²) in [5.41, 5.74) is 1.46. The topological polar surface area (TPSA) is 125 Å². The Labute approximate surface area is 163 Å². The number of nitrogens with two attached hydrogens (primary N) is 1. The van der Waals surface area contributed by atoms with Gasteiger partial charge in [0.1, 0.15) is 5.75 Å². The first-order valence-corrected chi connectivity index (χ1v) is 11.1. The van der Waals surface area contributed by atoms with Gasteiger partial charge in [0.25, 0.3) is 0 Å². The number of hydrogen-bond acceptors (Lipinski definition) is 7. The Morgan fingerprint density at radius 2 is 1.57 bits per heavy atom. The molecule has 2 aromatic rings. The van der Waals surface area contributed by atoms with Crippen molar-refractivity contribution in [1.82, 2.24) is 4.31 Å². The fourth-order valence-electron chi connectivity index (χ4n) is 2.99. The van der Waals surface area contributed by atoms with Gasteiger partial charge in [0.15, 0.2) is 11.5 Å². The zero-order chi connectivity index (χ0) is 20.5. The molecule has 2 aromatic carbocycles. The summed E-state index contributed by atoms with van der Waals surface area (Å²) in [6.07, 6.45) is 0.385. The molecule has 3 rings (SSSR count). The molecule has 1 heterocycles. The molecule has 0 amide bonds. The lowest BCUT2D eigenvalue weighted by molar-refractivity contribution is 0.375. The molecule has 1 aliphatic rings. The second kappa shape index (κ2) is 7.59. The summed E-state index contributed by atoms with van der Waals surface area (Å²) < 4.78 is 64.7. The van der Waals surface area contributed by atoms with Crippen molar-refractivity contribution in [1.29, 1.82) is 0 Å². The van der Waals surface area contributed by atoms with Crippen LogP contribution in [0, 0.1) is 0 Å². The molecule has 0 spiro atoms. The lowest BCUT2D eigenvalue weighted by atomic mass is 10.0. The van der Waals surface area contributed by atoms with Gasteiger partial charge in [0, 0.05) is 13.1 Å². The van der Waals surface area contributed by atoms with Crippen LogP contribution in [0.25, 0.3) is 0 Å². The number of methoxy groups -OCH3 is 2. The molecule has 9 nitrogen and oxygen atoms in total. The van der Waals surface area contributed by atoms with Crippen LogP contribution >= 0.6 is 0 Å². The quantitative estimate of drug-likeness (QED) is 0.728. The monoisotopic (exact) mass is 428 g/mol. The highest BCUT2D eigenvalue weighted by molar-refractivity contribution is 7.89. The summed E-state index contributed by atoms with van der Waals surface area (Å²) in [5, 5.41) is 4.93. The van der Waals surface area contributed by atoms with Crippen LogP contribution in [0.3, 0.4) is 0 Å². The molecule has 11 heteroatoms. The number of fused-ring (bicyclic) bond motifs is 1. The molecule has 152 valence electrons. The second-order valence-electron chi connectivity index (χ2n) is 6.11. The van der Waals surface area contributed by atoms with Crippen molar-refractivity contribution in [3.63, 3.8) is 0 Å². The van der Waals surface area contributed by atoms with E-state index < -0.39 is 20.3 Å². The first kappa shape index (κ1) is 20.4. The summed E-state index contributed by atoms with van der Waals surface area (Å²) in [4.78, 5) is 0.165. The first-order chi connectivity index (χ1) is 13.1. The van der Waals surface area contributed by atoms with Gasteiger partial charge in [-0.2, -0.15) is 17.9 Å². The highest BCUT2D eigenvalue weighted by Gasteiger charge is 2.29. The van der Waals surface area contributed by atoms with Gasteiger partial charge in [0.05, 0.1) is 19.1 Å². The number of rotatable bonds is 6. The minimum Gasteiger partial charge on any atom is -0.497 e. The van der Waals surface area contributed by atoms with Crippen molar-refractivity contribution < 1.29 is 30.5 Å². The molecule has 0 bridgehead atoms. The molecular formula is C17H20N2O7S2. The van der Waals surface area contributed by atoms with E-state index in [9.17, 15) is 16.8 Å². The van der Waals surface area contributed by atoms with E-state index in [2.05, 4.69) is 0 Å². The average Bonchev–Trinajstić information content (AvgIpc) is 2.65. The maximum atomic E-state index is 12.9. The van der Waals surface area contributed by atoms with Crippen LogP contribution in [0.2, 0.25) is 0 Å². The standard InChI is InChI=1S/C17H20N2O7S2/c1-24-14-3-5-15(6-4-14)27(20,21)19-8-7-12-9-17(26-28(18,22)23)16(25-2)10-13(12)11-19/h3-6,9-10H,7-8,11H2,1-2H3,(H2,18,22,23). The van der Waals surface area contributed by atoms with Crippen LogP contribution in [0.15, 0.2) is 41.3 Å². The summed E-state index contributed by atoms with van der Waals surface area (Å²) in [6, 6.07) is 9.23. The van der Waals surface area contributed by atoms with Crippen molar-refractivity contribution in [3.8, 4) is 17.2 Å². The van der Waals surface area contributed by atoms with Crippen molar-refractivity contribution in [2.45, 2.75) is 17.9 Å². The van der Waals surface area contributed by atoms with Gasteiger partial charge in [-0.15, -0.1) is 0 Å². The second-order valence-corrected chi connectivity index (χ2v) is 9.20. The third-order valence-corrected chi connectivity index (χ3v) is 6.64. The predicted octanol–water partition coefficient (Wildman–Crippen LogP) is 1.03. The fourth-order valence-corrected chi connectivity index (χ4v) is 4.79. The largest absolute Gasteiger partial charge is 0.497 e. The zero-order valence-corrected chi connectivity index (χ0v) is 16.9. The van der Waals surface area contributed by atoms with Crippen LogP contribution in [0.4, 0.5) is 0 Å². The van der Waals surface area contributed by atoms with Crippen LogP contribution in [0.1, 0.15) is 11.1 Å². The van der Waals surface area contributed by atoms with Gasteiger partial charge in [-0.25, -0.2) is 8.42 Å². The molecule has 0 saturated carbocycles. The molecule has 1 aliphatic heterocycles.